The van der Waals surface area contributed by atoms with Crippen LogP contribution in [0.3, 0.4) is 0 Å². The van der Waals surface area contributed by atoms with Crippen LogP contribution in [0, 0.1) is 0 Å². The van der Waals surface area contributed by atoms with E-state index in [4.69, 9.17) is 5.11 Å². The lowest BCUT2D eigenvalue weighted by molar-refractivity contribution is 0.290. The lowest BCUT2D eigenvalue weighted by Crippen LogP contribution is -2.21. The molecule has 1 aromatic heterocycles. The fraction of sp³-hybridized carbons (Fsp3) is 0.286. The van der Waals surface area contributed by atoms with Crippen LogP contribution in [0.4, 0.5) is 5.95 Å². The van der Waals surface area contributed by atoms with Crippen molar-refractivity contribution in [3.8, 4) is 11.1 Å². The number of hydrogen-bond donors (Lipinski definition) is 1. The summed E-state index contributed by atoms with van der Waals surface area (Å²) in [5.74, 6) is 0.675. The number of aliphatic hydroxyl groups excluding tert-OH is 1. The fourth-order valence-corrected chi connectivity index (χ4v) is 1.98. The van der Waals surface area contributed by atoms with E-state index in [0.29, 0.717) is 12.4 Å². The molecule has 0 saturated heterocycles. The highest BCUT2D eigenvalue weighted by Gasteiger charge is 2.04. The van der Waals surface area contributed by atoms with E-state index in [2.05, 4.69) is 25.9 Å². The molecule has 0 radical (unpaired) electrons. The first-order chi connectivity index (χ1) is 9.20. The van der Waals surface area contributed by atoms with Gasteiger partial charge in [-0.2, -0.15) is 0 Å². The first-order valence-electron chi connectivity index (χ1n) is 6.10. The van der Waals surface area contributed by atoms with Crippen molar-refractivity contribution in [2.75, 3.05) is 25.1 Å². The minimum Gasteiger partial charge on any atom is -0.396 e. The lowest BCUT2D eigenvalue weighted by atomic mass is 10.1. The Balaban J connectivity index is 2.11. The van der Waals surface area contributed by atoms with Crippen LogP contribution in [-0.4, -0.2) is 35.3 Å². The maximum absolute atomic E-state index is 8.81. The Labute approximate surface area is 121 Å². The van der Waals surface area contributed by atoms with Gasteiger partial charge < -0.3 is 10.0 Å². The number of anilines is 1. The minimum atomic E-state index is 0.182. The molecular weight excluding hydrogens is 306 g/mol. The topological polar surface area (TPSA) is 49.2 Å². The Morgan fingerprint density at radius 3 is 2.32 bits per heavy atom. The van der Waals surface area contributed by atoms with Gasteiger partial charge in [0.1, 0.15) is 0 Å². The molecular formula is C14H16BrN3O. The third-order valence-corrected chi connectivity index (χ3v) is 3.34. The second-order valence-electron chi connectivity index (χ2n) is 4.28. The number of aromatic nitrogens is 2. The molecule has 0 saturated carbocycles. The monoisotopic (exact) mass is 321 g/mol. The highest BCUT2D eigenvalue weighted by Crippen LogP contribution is 2.21. The van der Waals surface area contributed by atoms with Crippen molar-refractivity contribution in [3.63, 3.8) is 0 Å². The molecule has 1 aromatic carbocycles. The summed E-state index contributed by atoms with van der Waals surface area (Å²) < 4.78 is 1.05. The van der Waals surface area contributed by atoms with Gasteiger partial charge in [-0.25, -0.2) is 9.97 Å². The largest absolute Gasteiger partial charge is 0.396 e. The number of hydrogen-bond acceptors (Lipinski definition) is 4. The van der Waals surface area contributed by atoms with E-state index >= 15 is 0 Å². The molecule has 0 spiro atoms. The van der Waals surface area contributed by atoms with Gasteiger partial charge >= 0.3 is 0 Å². The summed E-state index contributed by atoms with van der Waals surface area (Å²) in [6, 6.07) is 8.04. The Morgan fingerprint density at radius 2 is 1.74 bits per heavy atom. The molecule has 1 N–H and O–H groups in total. The summed E-state index contributed by atoms with van der Waals surface area (Å²) in [7, 11) is 1.92. The summed E-state index contributed by atoms with van der Waals surface area (Å²) in [6.07, 6.45) is 4.36. The van der Waals surface area contributed by atoms with Crippen LogP contribution in [0.15, 0.2) is 41.1 Å². The molecule has 5 heteroatoms. The molecule has 0 atom stereocenters. The minimum absolute atomic E-state index is 0.182. The quantitative estimate of drug-likeness (QED) is 0.920. The van der Waals surface area contributed by atoms with E-state index in [1.54, 1.807) is 0 Å². The highest BCUT2D eigenvalue weighted by molar-refractivity contribution is 9.10. The van der Waals surface area contributed by atoms with Gasteiger partial charge in [0.25, 0.3) is 0 Å². The zero-order valence-electron chi connectivity index (χ0n) is 10.8. The van der Waals surface area contributed by atoms with Gasteiger partial charge in [-0.15, -0.1) is 0 Å². The van der Waals surface area contributed by atoms with E-state index in [0.717, 1.165) is 22.1 Å². The Hall–Kier alpha value is -1.46. The third-order valence-electron chi connectivity index (χ3n) is 2.81. The van der Waals surface area contributed by atoms with Crippen molar-refractivity contribution >= 4 is 21.9 Å². The van der Waals surface area contributed by atoms with Gasteiger partial charge in [0, 0.05) is 42.6 Å². The molecule has 2 rings (SSSR count). The molecule has 0 aliphatic carbocycles. The van der Waals surface area contributed by atoms with Gasteiger partial charge in [-0.05, 0) is 24.1 Å². The Bertz CT molecular complexity index is 513. The second-order valence-corrected chi connectivity index (χ2v) is 5.19. The molecule has 0 aliphatic rings. The summed E-state index contributed by atoms with van der Waals surface area (Å²) in [6.45, 7) is 0.926. The summed E-state index contributed by atoms with van der Waals surface area (Å²) in [5, 5.41) is 8.81. The fourth-order valence-electron chi connectivity index (χ4n) is 1.72. The average molecular weight is 322 g/mol. The van der Waals surface area contributed by atoms with Crippen molar-refractivity contribution in [1.82, 2.24) is 9.97 Å². The lowest BCUT2D eigenvalue weighted by Gasteiger charge is -2.16. The zero-order valence-corrected chi connectivity index (χ0v) is 12.3. The number of benzene rings is 1. The molecule has 1 heterocycles. The van der Waals surface area contributed by atoms with Crippen LogP contribution in [0.5, 0.6) is 0 Å². The summed E-state index contributed by atoms with van der Waals surface area (Å²) in [4.78, 5) is 10.6. The number of aliphatic hydroxyl groups is 1. The van der Waals surface area contributed by atoms with E-state index in [9.17, 15) is 0 Å². The van der Waals surface area contributed by atoms with Crippen molar-refractivity contribution < 1.29 is 5.11 Å². The van der Waals surface area contributed by atoms with Gasteiger partial charge in [0.05, 0.1) is 0 Å². The molecule has 0 bridgehead atoms. The van der Waals surface area contributed by atoms with Crippen LogP contribution in [0.1, 0.15) is 6.42 Å². The average Bonchev–Trinajstić information content (AvgIpc) is 2.46. The van der Waals surface area contributed by atoms with Crippen LogP contribution >= 0.6 is 15.9 Å². The van der Waals surface area contributed by atoms with E-state index < -0.39 is 0 Å². The Kier molecular flexibility index (Phi) is 4.87. The summed E-state index contributed by atoms with van der Waals surface area (Å²) >= 11 is 3.41. The third kappa shape index (κ3) is 3.75. The molecule has 0 amide bonds. The predicted octanol–water partition coefficient (Wildman–Crippen LogP) is 2.72. The van der Waals surface area contributed by atoms with Crippen molar-refractivity contribution in [3.05, 3.63) is 41.1 Å². The molecule has 0 unspecified atom stereocenters. The van der Waals surface area contributed by atoms with E-state index in [-0.39, 0.29) is 6.61 Å². The van der Waals surface area contributed by atoms with Crippen molar-refractivity contribution in [2.45, 2.75) is 6.42 Å². The normalized spacial score (nSPS) is 10.5. The maximum Gasteiger partial charge on any atom is 0.225 e. The molecule has 0 aliphatic heterocycles. The van der Waals surface area contributed by atoms with Gasteiger partial charge in [0.15, 0.2) is 0 Å². The molecule has 0 fully saturated rings. The van der Waals surface area contributed by atoms with Crippen LogP contribution in [0.2, 0.25) is 0 Å². The van der Waals surface area contributed by atoms with Crippen molar-refractivity contribution in [1.29, 1.82) is 0 Å². The number of halogens is 1. The van der Waals surface area contributed by atoms with Gasteiger partial charge in [-0.1, -0.05) is 28.1 Å². The zero-order chi connectivity index (χ0) is 13.7. The van der Waals surface area contributed by atoms with Gasteiger partial charge in [-0.3, -0.25) is 0 Å². The maximum atomic E-state index is 8.81. The second kappa shape index (κ2) is 6.63. The molecule has 19 heavy (non-hydrogen) atoms. The van der Waals surface area contributed by atoms with E-state index in [1.807, 2.05) is 48.6 Å². The first-order valence-corrected chi connectivity index (χ1v) is 6.90. The van der Waals surface area contributed by atoms with Crippen LogP contribution in [-0.2, 0) is 0 Å². The number of nitrogens with zero attached hydrogens (tertiary/aromatic N) is 3. The highest BCUT2D eigenvalue weighted by atomic mass is 79.9. The molecule has 4 nitrogen and oxygen atoms in total. The molecule has 2 aromatic rings. The van der Waals surface area contributed by atoms with Gasteiger partial charge in [0.2, 0.25) is 5.95 Å². The number of rotatable bonds is 5. The standard InChI is InChI=1S/C14H16BrN3O/c1-18(7-2-8-19)14-16-9-12(10-17-14)11-3-5-13(15)6-4-11/h3-6,9-10,19H,2,7-8H2,1H3. The molecule has 100 valence electrons. The predicted molar refractivity (Wildman–Crippen MR) is 80.1 cm³/mol. The van der Waals surface area contributed by atoms with Crippen LogP contribution in [0.25, 0.3) is 11.1 Å². The summed E-state index contributed by atoms with van der Waals surface area (Å²) in [5.41, 5.74) is 2.08. The smallest absolute Gasteiger partial charge is 0.225 e. The van der Waals surface area contributed by atoms with Crippen LogP contribution < -0.4 is 4.90 Å². The van der Waals surface area contributed by atoms with E-state index in [1.165, 1.54) is 0 Å². The SMILES string of the molecule is CN(CCCO)c1ncc(-c2ccc(Br)cc2)cn1. The van der Waals surface area contributed by atoms with Crippen molar-refractivity contribution in [2.24, 2.45) is 0 Å². The Morgan fingerprint density at radius 1 is 1.11 bits per heavy atom. The first kappa shape index (κ1) is 14.0.